The van der Waals surface area contributed by atoms with Crippen molar-refractivity contribution in [2.45, 2.75) is 20.0 Å². The number of nitrogens with zero attached hydrogens (tertiary/aromatic N) is 1. The van der Waals surface area contributed by atoms with Crippen LogP contribution in [0.5, 0.6) is 5.75 Å². The Hall–Kier alpha value is -3.66. The molecule has 28 heavy (non-hydrogen) atoms. The number of carbonyl (C=O) groups is 2. The van der Waals surface area contributed by atoms with E-state index in [4.69, 9.17) is 9.47 Å². The fourth-order valence-electron chi connectivity index (χ4n) is 2.22. The van der Waals surface area contributed by atoms with Gasteiger partial charge in [-0.25, -0.2) is 9.18 Å². The molecule has 0 aliphatic heterocycles. The molecule has 0 unspecified atom stereocenters. The van der Waals surface area contributed by atoms with Crippen LogP contribution >= 0.6 is 0 Å². The lowest BCUT2D eigenvalue weighted by atomic mass is 10.1. The second-order valence-corrected chi connectivity index (χ2v) is 5.72. The topological polar surface area (TPSA) is 88.4 Å². The second-order valence-electron chi connectivity index (χ2n) is 5.72. The van der Waals surface area contributed by atoms with Crippen molar-refractivity contribution in [2.24, 2.45) is 0 Å². The number of anilines is 1. The first kappa shape index (κ1) is 20.6. The van der Waals surface area contributed by atoms with Crippen LogP contribution in [0.3, 0.4) is 0 Å². The number of halogens is 1. The zero-order valence-corrected chi connectivity index (χ0v) is 15.4. The van der Waals surface area contributed by atoms with Crippen LogP contribution in [0.4, 0.5) is 10.1 Å². The molecule has 0 bridgehead atoms. The lowest BCUT2D eigenvalue weighted by Crippen LogP contribution is -2.30. The number of rotatable bonds is 7. The molecule has 0 heterocycles. The Morgan fingerprint density at radius 3 is 2.57 bits per heavy atom. The highest BCUT2D eigenvalue weighted by molar-refractivity contribution is 6.01. The smallest absolute Gasteiger partial charge is 0.349 e. The van der Waals surface area contributed by atoms with Crippen molar-refractivity contribution >= 4 is 23.6 Å². The van der Waals surface area contributed by atoms with Crippen LogP contribution in [-0.2, 0) is 14.3 Å². The average Bonchev–Trinajstić information content (AvgIpc) is 2.67. The fraction of sp³-hybridized carbons (Fsp3) is 0.190. The molecule has 0 aliphatic carbocycles. The van der Waals surface area contributed by atoms with Gasteiger partial charge in [-0.2, -0.15) is 5.26 Å². The second kappa shape index (κ2) is 9.88. The van der Waals surface area contributed by atoms with E-state index in [9.17, 15) is 19.2 Å². The Balaban J connectivity index is 2.02. The highest BCUT2D eigenvalue weighted by Crippen LogP contribution is 2.16. The van der Waals surface area contributed by atoms with Crippen molar-refractivity contribution in [1.82, 2.24) is 0 Å². The van der Waals surface area contributed by atoms with Gasteiger partial charge in [0, 0.05) is 5.69 Å². The van der Waals surface area contributed by atoms with Crippen molar-refractivity contribution in [1.29, 1.82) is 5.26 Å². The SMILES string of the molecule is CCOc1ccc(/C=C(\C#N)C(=O)O[C@@H](C)C(=O)Nc2cccc(F)c2)cc1. The number of hydrogen-bond acceptors (Lipinski definition) is 5. The molecule has 7 heteroatoms. The molecular formula is C21H19FN2O4. The van der Waals surface area contributed by atoms with E-state index in [1.807, 2.05) is 6.92 Å². The predicted octanol–water partition coefficient (Wildman–Crippen LogP) is 3.70. The molecule has 0 radical (unpaired) electrons. The van der Waals surface area contributed by atoms with E-state index in [2.05, 4.69) is 5.32 Å². The first-order chi connectivity index (χ1) is 13.4. The molecular weight excluding hydrogens is 363 g/mol. The first-order valence-corrected chi connectivity index (χ1v) is 8.55. The van der Waals surface area contributed by atoms with E-state index in [1.54, 1.807) is 30.3 Å². The Kier molecular flexibility index (Phi) is 7.28. The lowest BCUT2D eigenvalue weighted by Gasteiger charge is -2.13. The number of nitrogens with one attached hydrogen (secondary N) is 1. The third-order valence-corrected chi connectivity index (χ3v) is 3.59. The summed E-state index contributed by atoms with van der Waals surface area (Å²) >= 11 is 0. The molecule has 0 spiro atoms. The third kappa shape index (κ3) is 5.95. The minimum Gasteiger partial charge on any atom is -0.494 e. The van der Waals surface area contributed by atoms with Crippen LogP contribution < -0.4 is 10.1 Å². The summed E-state index contributed by atoms with van der Waals surface area (Å²) in [7, 11) is 0. The molecule has 0 saturated carbocycles. The summed E-state index contributed by atoms with van der Waals surface area (Å²) in [5.41, 5.74) is 0.585. The Morgan fingerprint density at radius 2 is 1.96 bits per heavy atom. The highest BCUT2D eigenvalue weighted by atomic mass is 19.1. The predicted molar refractivity (Wildman–Crippen MR) is 102 cm³/mol. The van der Waals surface area contributed by atoms with Gasteiger partial charge in [-0.3, -0.25) is 4.79 Å². The molecule has 0 aromatic heterocycles. The number of amides is 1. The van der Waals surface area contributed by atoms with Crippen molar-refractivity contribution in [2.75, 3.05) is 11.9 Å². The van der Waals surface area contributed by atoms with Crippen LogP contribution in [0.1, 0.15) is 19.4 Å². The van der Waals surface area contributed by atoms with Crippen molar-refractivity contribution in [3.8, 4) is 11.8 Å². The minimum atomic E-state index is -1.17. The molecule has 0 saturated heterocycles. The van der Waals surface area contributed by atoms with E-state index < -0.39 is 23.8 Å². The van der Waals surface area contributed by atoms with E-state index in [0.29, 0.717) is 17.9 Å². The Bertz CT molecular complexity index is 917. The van der Waals surface area contributed by atoms with Crippen molar-refractivity contribution in [3.63, 3.8) is 0 Å². The van der Waals surface area contributed by atoms with Gasteiger partial charge >= 0.3 is 5.97 Å². The van der Waals surface area contributed by atoms with Crippen molar-refractivity contribution < 1.29 is 23.5 Å². The number of hydrogen-bond donors (Lipinski definition) is 1. The van der Waals surface area contributed by atoms with E-state index >= 15 is 0 Å². The molecule has 0 aliphatic rings. The normalized spacial score (nSPS) is 11.9. The first-order valence-electron chi connectivity index (χ1n) is 8.55. The van der Waals surface area contributed by atoms with Crippen LogP contribution in [-0.4, -0.2) is 24.6 Å². The molecule has 2 aromatic carbocycles. The van der Waals surface area contributed by atoms with E-state index in [-0.39, 0.29) is 11.3 Å². The maximum Gasteiger partial charge on any atom is 0.349 e. The van der Waals surface area contributed by atoms with Crippen molar-refractivity contribution in [3.05, 3.63) is 65.5 Å². The molecule has 1 N–H and O–H groups in total. The lowest BCUT2D eigenvalue weighted by molar-refractivity contribution is -0.148. The maximum absolute atomic E-state index is 13.2. The summed E-state index contributed by atoms with van der Waals surface area (Å²) < 4.78 is 23.5. The largest absolute Gasteiger partial charge is 0.494 e. The van der Waals surface area contributed by atoms with E-state index in [1.165, 1.54) is 31.2 Å². The molecule has 1 amide bonds. The molecule has 1 atom stereocenters. The molecule has 0 fully saturated rings. The van der Waals surface area contributed by atoms with Gasteiger partial charge in [0.05, 0.1) is 6.61 Å². The Labute approximate surface area is 162 Å². The summed E-state index contributed by atoms with van der Waals surface area (Å²) in [5.74, 6) is -1.41. The number of nitriles is 1. The van der Waals surface area contributed by atoms with Crippen LogP contribution in [0.2, 0.25) is 0 Å². The third-order valence-electron chi connectivity index (χ3n) is 3.59. The quantitative estimate of drug-likeness (QED) is 0.448. The minimum absolute atomic E-state index is 0.235. The summed E-state index contributed by atoms with van der Waals surface area (Å²) in [6.45, 7) is 3.75. The fourth-order valence-corrected chi connectivity index (χ4v) is 2.22. The molecule has 6 nitrogen and oxygen atoms in total. The van der Waals surface area contributed by atoms with Gasteiger partial charge in [0.15, 0.2) is 6.10 Å². The zero-order valence-electron chi connectivity index (χ0n) is 15.4. The number of carbonyl (C=O) groups excluding carboxylic acids is 2. The number of benzene rings is 2. The molecule has 2 rings (SSSR count). The standard InChI is InChI=1S/C21H19FN2O4/c1-3-27-19-9-7-15(8-10-19)11-16(13-23)21(26)28-14(2)20(25)24-18-6-4-5-17(22)12-18/h4-12,14H,3H2,1-2H3,(H,24,25)/b16-11+/t14-/m0/s1. The summed E-state index contributed by atoms with van der Waals surface area (Å²) in [4.78, 5) is 24.3. The highest BCUT2D eigenvalue weighted by Gasteiger charge is 2.20. The Morgan fingerprint density at radius 1 is 1.25 bits per heavy atom. The molecule has 2 aromatic rings. The molecule has 144 valence electrons. The van der Waals surface area contributed by atoms with Gasteiger partial charge in [0.25, 0.3) is 5.91 Å². The maximum atomic E-state index is 13.2. The van der Waals surface area contributed by atoms with E-state index in [0.717, 1.165) is 6.07 Å². The van der Waals surface area contributed by atoms with Gasteiger partial charge in [-0.1, -0.05) is 18.2 Å². The number of ether oxygens (including phenoxy) is 2. The van der Waals surface area contributed by atoms with Gasteiger partial charge in [-0.05, 0) is 55.8 Å². The van der Waals surface area contributed by atoms with Gasteiger partial charge in [-0.15, -0.1) is 0 Å². The van der Waals surface area contributed by atoms with Gasteiger partial charge in [0.2, 0.25) is 0 Å². The zero-order chi connectivity index (χ0) is 20.5. The summed E-state index contributed by atoms with van der Waals surface area (Å²) in [6, 6.07) is 13.9. The van der Waals surface area contributed by atoms with Crippen LogP contribution in [0, 0.1) is 17.1 Å². The van der Waals surface area contributed by atoms with Crippen LogP contribution in [0.15, 0.2) is 54.1 Å². The van der Waals surface area contributed by atoms with Crippen LogP contribution in [0.25, 0.3) is 6.08 Å². The summed E-state index contributed by atoms with van der Waals surface area (Å²) in [6.07, 6.45) is 0.183. The number of esters is 1. The monoisotopic (exact) mass is 382 g/mol. The average molecular weight is 382 g/mol. The van der Waals surface area contributed by atoms with Gasteiger partial charge < -0.3 is 14.8 Å². The summed E-state index contributed by atoms with van der Waals surface area (Å²) in [5, 5.41) is 11.7. The van der Waals surface area contributed by atoms with Gasteiger partial charge in [0.1, 0.15) is 23.2 Å².